The number of aromatic nitrogens is 2. The van der Waals surface area contributed by atoms with E-state index in [1.54, 1.807) is 24.1 Å². The molecule has 0 unspecified atom stereocenters. The van der Waals surface area contributed by atoms with Crippen LogP contribution in [0.2, 0.25) is 0 Å². The molecule has 2 aromatic carbocycles. The van der Waals surface area contributed by atoms with E-state index in [4.69, 9.17) is 4.42 Å². The molecule has 0 N–H and O–H groups in total. The lowest BCUT2D eigenvalue weighted by Crippen LogP contribution is -2.20. The first-order valence-electron chi connectivity index (χ1n) is 8.88. The number of amides is 1. The third-order valence-electron chi connectivity index (χ3n) is 4.68. The molecule has 0 spiro atoms. The van der Waals surface area contributed by atoms with Gasteiger partial charge in [-0.25, -0.2) is 0 Å². The predicted octanol–water partition coefficient (Wildman–Crippen LogP) is 3.85. The summed E-state index contributed by atoms with van der Waals surface area (Å²) >= 11 is 1.21. The van der Waals surface area contributed by atoms with Crippen LogP contribution in [0.25, 0.3) is 11.5 Å². The summed E-state index contributed by atoms with van der Waals surface area (Å²) in [6.45, 7) is 4.03. The molecular weight excluding hydrogens is 374 g/mol. The standard InChI is InChI=1S/C21H19N3O3S/c1-12-6-13(2)8-16(7-12)20-22-23-21(27-20)28-11-18(25)14-4-5-17-15(9-14)10-19(26)24(17)3/h4-9H,10-11H2,1-3H3. The van der Waals surface area contributed by atoms with Crippen LogP contribution in [0, 0.1) is 13.8 Å². The Balaban J connectivity index is 1.44. The lowest BCUT2D eigenvalue weighted by molar-refractivity contribution is -0.117. The molecule has 1 amide bonds. The molecule has 0 saturated heterocycles. The van der Waals surface area contributed by atoms with Crippen molar-refractivity contribution < 1.29 is 14.0 Å². The second-order valence-corrected chi connectivity index (χ2v) is 7.86. The highest BCUT2D eigenvalue weighted by atomic mass is 32.2. The zero-order chi connectivity index (χ0) is 19.8. The van der Waals surface area contributed by atoms with Crippen molar-refractivity contribution in [2.24, 2.45) is 0 Å². The largest absolute Gasteiger partial charge is 0.411 e. The van der Waals surface area contributed by atoms with E-state index in [1.165, 1.54) is 11.8 Å². The number of carbonyl (C=O) groups excluding carboxylic acids is 2. The maximum atomic E-state index is 12.5. The number of Topliss-reactive ketones (excluding diaryl/α,β-unsaturated/α-hetero) is 1. The van der Waals surface area contributed by atoms with Gasteiger partial charge in [-0.1, -0.05) is 29.0 Å². The van der Waals surface area contributed by atoms with Gasteiger partial charge in [-0.3, -0.25) is 9.59 Å². The van der Waals surface area contributed by atoms with Gasteiger partial charge in [0.25, 0.3) is 5.22 Å². The average Bonchev–Trinajstić information content (AvgIpc) is 3.24. The van der Waals surface area contributed by atoms with Crippen LogP contribution < -0.4 is 4.90 Å². The first kappa shape index (κ1) is 18.4. The number of fused-ring (bicyclic) bond motifs is 1. The molecule has 0 radical (unpaired) electrons. The molecule has 1 aliphatic rings. The molecule has 142 valence electrons. The number of likely N-dealkylation sites (N-methyl/N-ethyl adjacent to an activating group) is 1. The van der Waals surface area contributed by atoms with Crippen LogP contribution in [0.5, 0.6) is 0 Å². The highest BCUT2D eigenvalue weighted by molar-refractivity contribution is 7.99. The van der Waals surface area contributed by atoms with Gasteiger partial charge in [-0.2, -0.15) is 0 Å². The van der Waals surface area contributed by atoms with Gasteiger partial charge in [0.05, 0.1) is 12.2 Å². The molecule has 0 bridgehead atoms. The third-order valence-corrected chi connectivity index (χ3v) is 5.50. The van der Waals surface area contributed by atoms with Crippen LogP contribution in [0.4, 0.5) is 5.69 Å². The van der Waals surface area contributed by atoms with Crippen LogP contribution in [0.3, 0.4) is 0 Å². The molecule has 0 atom stereocenters. The van der Waals surface area contributed by atoms with Crippen molar-refractivity contribution in [2.45, 2.75) is 25.5 Å². The van der Waals surface area contributed by atoms with Crippen LogP contribution in [-0.2, 0) is 11.2 Å². The minimum Gasteiger partial charge on any atom is -0.411 e. The summed E-state index contributed by atoms with van der Waals surface area (Å²) in [5, 5.41) is 8.49. The molecule has 1 aromatic heterocycles. The molecular formula is C21H19N3O3S. The summed E-state index contributed by atoms with van der Waals surface area (Å²) in [6, 6.07) is 11.4. The van der Waals surface area contributed by atoms with Crippen LogP contribution in [-0.4, -0.2) is 34.7 Å². The fourth-order valence-corrected chi connectivity index (χ4v) is 3.99. The Morgan fingerprint density at radius 2 is 1.89 bits per heavy atom. The summed E-state index contributed by atoms with van der Waals surface area (Å²) in [4.78, 5) is 25.9. The fourth-order valence-electron chi connectivity index (χ4n) is 3.34. The van der Waals surface area contributed by atoms with Gasteiger partial charge in [0.2, 0.25) is 11.8 Å². The quantitative estimate of drug-likeness (QED) is 0.484. The topological polar surface area (TPSA) is 76.3 Å². The van der Waals surface area contributed by atoms with E-state index in [1.807, 2.05) is 32.0 Å². The number of ketones is 1. The summed E-state index contributed by atoms with van der Waals surface area (Å²) in [6.07, 6.45) is 0.336. The van der Waals surface area contributed by atoms with E-state index in [0.717, 1.165) is 27.9 Å². The molecule has 3 aromatic rings. The lowest BCUT2D eigenvalue weighted by Gasteiger charge is -2.10. The van der Waals surface area contributed by atoms with E-state index < -0.39 is 0 Å². The number of aryl methyl sites for hydroxylation is 2. The molecule has 28 heavy (non-hydrogen) atoms. The van der Waals surface area contributed by atoms with E-state index in [-0.39, 0.29) is 17.4 Å². The monoisotopic (exact) mass is 393 g/mol. The second-order valence-electron chi connectivity index (χ2n) is 6.93. The number of rotatable bonds is 5. The van der Waals surface area contributed by atoms with E-state index in [9.17, 15) is 9.59 Å². The normalized spacial score (nSPS) is 13.1. The first-order valence-corrected chi connectivity index (χ1v) is 9.87. The zero-order valence-corrected chi connectivity index (χ0v) is 16.7. The third kappa shape index (κ3) is 3.57. The van der Waals surface area contributed by atoms with Crippen molar-refractivity contribution in [3.05, 3.63) is 58.7 Å². The lowest BCUT2D eigenvalue weighted by atomic mass is 10.1. The van der Waals surface area contributed by atoms with Gasteiger partial charge in [0.1, 0.15) is 0 Å². The smallest absolute Gasteiger partial charge is 0.277 e. The number of nitrogens with zero attached hydrogens (tertiary/aromatic N) is 3. The SMILES string of the molecule is Cc1cc(C)cc(-c2nnc(SCC(=O)c3ccc4c(c3)CC(=O)N4C)o2)c1. The van der Waals surface area contributed by atoms with Crippen LogP contribution in [0.15, 0.2) is 46.0 Å². The molecule has 1 aliphatic heterocycles. The van der Waals surface area contributed by atoms with Crippen molar-refractivity contribution >= 4 is 29.1 Å². The summed E-state index contributed by atoms with van der Waals surface area (Å²) < 4.78 is 5.71. The maximum absolute atomic E-state index is 12.5. The summed E-state index contributed by atoms with van der Waals surface area (Å²) in [5.74, 6) is 0.636. The highest BCUT2D eigenvalue weighted by Crippen LogP contribution is 2.29. The van der Waals surface area contributed by atoms with Crippen LogP contribution >= 0.6 is 11.8 Å². The molecule has 2 heterocycles. The molecule has 0 aliphatic carbocycles. The first-order chi connectivity index (χ1) is 13.4. The van der Waals surface area contributed by atoms with Gasteiger partial charge < -0.3 is 9.32 Å². The molecule has 4 rings (SSSR count). The minimum atomic E-state index is -0.0408. The predicted molar refractivity (Wildman–Crippen MR) is 108 cm³/mol. The Morgan fingerprint density at radius 1 is 1.14 bits per heavy atom. The number of benzene rings is 2. The average molecular weight is 393 g/mol. The van der Waals surface area contributed by atoms with Gasteiger partial charge in [-0.05, 0) is 49.7 Å². The molecule has 7 heteroatoms. The minimum absolute atomic E-state index is 0.0405. The van der Waals surface area contributed by atoms with Crippen LogP contribution in [0.1, 0.15) is 27.0 Å². The summed E-state index contributed by atoms with van der Waals surface area (Å²) in [7, 11) is 1.74. The number of carbonyl (C=O) groups is 2. The van der Waals surface area contributed by atoms with Crippen molar-refractivity contribution in [1.82, 2.24) is 10.2 Å². The Bertz CT molecular complexity index is 1070. The highest BCUT2D eigenvalue weighted by Gasteiger charge is 2.24. The van der Waals surface area contributed by atoms with Crippen molar-refractivity contribution in [3.8, 4) is 11.5 Å². The van der Waals surface area contributed by atoms with Gasteiger partial charge in [0, 0.05) is 23.9 Å². The number of hydrogen-bond donors (Lipinski definition) is 0. The Kier molecular flexibility index (Phi) is 4.77. The Labute approximate surface area is 167 Å². The zero-order valence-electron chi connectivity index (χ0n) is 15.9. The number of hydrogen-bond acceptors (Lipinski definition) is 6. The van der Waals surface area contributed by atoms with E-state index in [2.05, 4.69) is 16.3 Å². The number of thioether (sulfide) groups is 1. The van der Waals surface area contributed by atoms with E-state index in [0.29, 0.717) is 23.1 Å². The van der Waals surface area contributed by atoms with Gasteiger partial charge in [0.15, 0.2) is 5.78 Å². The maximum Gasteiger partial charge on any atom is 0.277 e. The molecule has 6 nitrogen and oxygen atoms in total. The van der Waals surface area contributed by atoms with Crippen molar-refractivity contribution in [2.75, 3.05) is 17.7 Å². The van der Waals surface area contributed by atoms with Crippen molar-refractivity contribution in [1.29, 1.82) is 0 Å². The van der Waals surface area contributed by atoms with E-state index >= 15 is 0 Å². The second kappa shape index (κ2) is 7.24. The van der Waals surface area contributed by atoms with Gasteiger partial charge in [-0.15, -0.1) is 10.2 Å². The van der Waals surface area contributed by atoms with Gasteiger partial charge >= 0.3 is 0 Å². The number of anilines is 1. The Morgan fingerprint density at radius 3 is 2.64 bits per heavy atom. The Hall–Kier alpha value is -2.93. The van der Waals surface area contributed by atoms with Crippen molar-refractivity contribution in [3.63, 3.8) is 0 Å². The molecule has 0 fully saturated rings. The molecule has 0 saturated carbocycles. The fraction of sp³-hybridized carbons (Fsp3) is 0.238. The summed E-state index contributed by atoms with van der Waals surface area (Å²) in [5.41, 5.74) is 5.46.